The average molecular weight is 954 g/mol. The van der Waals surface area contributed by atoms with E-state index in [1.165, 1.54) is 11.8 Å². The number of aromatic nitrogens is 1. The number of aromatic amines is 1. The van der Waals surface area contributed by atoms with Crippen LogP contribution in [0.1, 0.15) is 87.8 Å². The third-order valence-corrected chi connectivity index (χ3v) is 13.7. The highest BCUT2D eigenvalue weighted by atomic mass is 16.2. The number of likely N-dealkylation sites (tertiary alicyclic amines) is 1. The quantitative estimate of drug-likeness (QED) is 0.0503. The molecule has 70 heavy (non-hydrogen) atoms. The number of primary amides is 1. The van der Waals surface area contributed by atoms with Gasteiger partial charge in [0.25, 0.3) is 0 Å². The van der Waals surface area contributed by atoms with E-state index in [0.29, 0.717) is 25.7 Å². The van der Waals surface area contributed by atoms with Gasteiger partial charge in [-0.1, -0.05) is 123 Å². The van der Waals surface area contributed by atoms with Gasteiger partial charge in [-0.3, -0.25) is 33.6 Å². The van der Waals surface area contributed by atoms with Gasteiger partial charge in [0.05, 0.1) is 0 Å². The zero-order valence-electron chi connectivity index (χ0n) is 39.9. The van der Waals surface area contributed by atoms with Crippen LogP contribution >= 0.6 is 0 Å². The molecule has 1 aliphatic carbocycles. The van der Waals surface area contributed by atoms with Crippen molar-refractivity contribution in [2.75, 3.05) is 13.1 Å². The summed E-state index contributed by atoms with van der Waals surface area (Å²) in [5.41, 5.74) is 15.0. The number of nitrogens with two attached hydrogens (primary N) is 2. The summed E-state index contributed by atoms with van der Waals surface area (Å²) in [6.07, 6.45) is 8.71. The molecule has 2 heterocycles. The topological polar surface area (TPSA) is 251 Å². The second-order valence-electron chi connectivity index (χ2n) is 18.9. The zero-order chi connectivity index (χ0) is 49.6. The molecule has 5 aromatic rings. The minimum absolute atomic E-state index is 0.0576. The number of carbonyl (C=O) groups is 7. The molecule has 6 atom stereocenters. The lowest BCUT2D eigenvalue weighted by Crippen LogP contribution is -2.60. The lowest BCUT2D eigenvalue weighted by atomic mass is 9.84. The Morgan fingerprint density at radius 3 is 2.01 bits per heavy atom. The Kier molecular flexibility index (Phi) is 17.8. The van der Waals surface area contributed by atoms with Crippen LogP contribution in [0, 0.1) is 5.92 Å². The van der Waals surface area contributed by atoms with Crippen LogP contribution in [0.2, 0.25) is 0 Å². The van der Waals surface area contributed by atoms with Gasteiger partial charge >= 0.3 is 0 Å². The lowest BCUT2D eigenvalue weighted by molar-refractivity contribution is -0.142. The SMILES string of the molecule is CC(=O)N[C@@H](Cc1ccccc1)C(=O)N[C@@H](CCCN)C(=O)N1CCC[C@H]1C(=O)N[C@H](CC1CCCCC1)C(=O)N[C@@H](Cc1c[nH]c2ccccc12)C(=O)N[C@@H](Cc1ccc2ccccc2c1)C(N)=O. The van der Waals surface area contributed by atoms with E-state index in [9.17, 15) is 33.6 Å². The van der Waals surface area contributed by atoms with E-state index in [1.54, 1.807) is 6.20 Å². The van der Waals surface area contributed by atoms with E-state index in [4.69, 9.17) is 11.5 Å². The van der Waals surface area contributed by atoms with E-state index < -0.39 is 77.6 Å². The largest absolute Gasteiger partial charge is 0.368 e. The summed E-state index contributed by atoms with van der Waals surface area (Å²) in [5.74, 6) is -3.73. The molecule has 1 saturated heterocycles. The van der Waals surface area contributed by atoms with Crippen molar-refractivity contribution in [3.63, 3.8) is 0 Å². The normalized spacial score (nSPS) is 17.2. The van der Waals surface area contributed by atoms with Crippen molar-refractivity contribution < 1.29 is 33.6 Å². The predicted molar refractivity (Wildman–Crippen MR) is 269 cm³/mol. The molecule has 4 aromatic carbocycles. The summed E-state index contributed by atoms with van der Waals surface area (Å²) in [5, 5.41) is 17.3. The van der Waals surface area contributed by atoms with E-state index >= 15 is 0 Å². The van der Waals surface area contributed by atoms with Crippen LogP contribution in [-0.4, -0.2) is 101 Å². The highest BCUT2D eigenvalue weighted by Crippen LogP contribution is 2.29. The second kappa shape index (κ2) is 24.5. The number of rotatable bonds is 22. The Hall–Kier alpha value is -7.07. The number of hydrogen-bond donors (Lipinski definition) is 8. The standard InChI is InChI=1S/C54H67N9O7/c1-34(64)58-45(29-35-14-4-2-5-15-35)50(66)59-43(22-12-26-55)54(70)63-27-13-23-48(63)53(69)62-46(30-36-16-6-3-7-17-36)51(67)61-47(32-40-33-57-42-21-11-10-20-41(40)42)52(68)60-44(49(56)65)31-37-24-25-38-18-8-9-19-39(38)28-37/h2,4-5,8-11,14-15,18-21,24-25,28,33,36,43-48,57H,3,6-7,12-13,16-17,22-23,26-27,29-32,55H2,1H3,(H2,56,65)(H,58,64)(H,59,66)(H,60,68)(H,61,67)(H,62,69)/t43-,44-,45-,46+,47-,48-/m0/s1. The molecule has 1 aromatic heterocycles. The van der Waals surface area contributed by atoms with Gasteiger partial charge in [0.2, 0.25) is 41.4 Å². The van der Waals surface area contributed by atoms with Crippen molar-refractivity contribution in [2.24, 2.45) is 17.4 Å². The van der Waals surface area contributed by atoms with E-state index in [2.05, 4.69) is 31.6 Å². The lowest BCUT2D eigenvalue weighted by Gasteiger charge is -2.32. The van der Waals surface area contributed by atoms with Gasteiger partial charge in [-0.15, -0.1) is 0 Å². The minimum Gasteiger partial charge on any atom is -0.368 e. The van der Waals surface area contributed by atoms with Crippen LogP contribution in [-0.2, 0) is 52.8 Å². The smallest absolute Gasteiger partial charge is 0.245 e. The number of benzene rings is 4. The summed E-state index contributed by atoms with van der Waals surface area (Å²) in [6, 6.07) is 24.1. The molecule has 0 spiro atoms. The molecule has 1 aliphatic heterocycles. The maximum absolute atomic E-state index is 14.8. The van der Waals surface area contributed by atoms with Gasteiger partial charge < -0.3 is 47.9 Å². The van der Waals surface area contributed by atoms with Gasteiger partial charge in [0.15, 0.2) is 0 Å². The summed E-state index contributed by atoms with van der Waals surface area (Å²) >= 11 is 0. The van der Waals surface area contributed by atoms with Gasteiger partial charge in [0.1, 0.15) is 36.3 Å². The number of nitrogens with zero attached hydrogens (tertiary/aromatic N) is 1. The molecule has 2 aliphatic rings. The molecule has 2 fully saturated rings. The van der Waals surface area contributed by atoms with Crippen LogP contribution in [0.5, 0.6) is 0 Å². The number of carbonyl (C=O) groups excluding carboxylic acids is 7. The van der Waals surface area contributed by atoms with Crippen LogP contribution in [0.15, 0.2) is 103 Å². The fourth-order valence-corrected chi connectivity index (χ4v) is 10.0. The Morgan fingerprint density at radius 1 is 0.643 bits per heavy atom. The minimum atomic E-state index is -1.18. The predicted octanol–water partition coefficient (Wildman–Crippen LogP) is 3.98. The molecular formula is C54H67N9O7. The summed E-state index contributed by atoms with van der Waals surface area (Å²) in [4.78, 5) is 102. The Balaban J connectivity index is 1.10. The number of fused-ring (bicyclic) bond motifs is 2. The monoisotopic (exact) mass is 954 g/mol. The molecule has 1 saturated carbocycles. The molecule has 0 unspecified atom stereocenters. The molecular weight excluding hydrogens is 887 g/mol. The van der Waals surface area contributed by atoms with Crippen molar-refractivity contribution in [2.45, 2.75) is 127 Å². The first-order chi connectivity index (χ1) is 33.9. The highest BCUT2D eigenvalue weighted by molar-refractivity contribution is 5.98. The van der Waals surface area contributed by atoms with Crippen LogP contribution in [0.3, 0.4) is 0 Å². The maximum Gasteiger partial charge on any atom is 0.245 e. The second-order valence-corrected chi connectivity index (χ2v) is 18.9. The Morgan fingerprint density at radius 2 is 1.29 bits per heavy atom. The van der Waals surface area contributed by atoms with Crippen molar-refractivity contribution in [3.05, 3.63) is 120 Å². The molecule has 16 heteroatoms. The first kappa shape index (κ1) is 50.8. The average Bonchev–Trinajstić information content (AvgIpc) is 4.03. The van der Waals surface area contributed by atoms with Gasteiger partial charge in [0, 0.05) is 49.8 Å². The first-order valence-electron chi connectivity index (χ1n) is 24.7. The first-order valence-corrected chi connectivity index (χ1v) is 24.7. The fourth-order valence-electron chi connectivity index (χ4n) is 10.0. The van der Waals surface area contributed by atoms with Gasteiger partial charge in [-0.05, 0) is 78.1 Å². The van der Waals surface area contributed by atoms with Crippen LogP contribution < -0.4 is 38.1 Å². The number of H-pyrrole nitrogens is 1. The molecule has 10 N–H and O–H groups in total. The number of nitrogens with one attached hydrogen (secondary N) is 6. The van der Waals surface area contributed by atoms with E-state index in [0.717, 1.165) is 70.5 Å². The maximum atomic E-state index is 14.8. The summed E-state index contributed by atoms with van der Waals surface area (Å²) in [7, 11) is 0. The van der Waals surface area contributed by atoms with Gasteiger partial charge in [-0.25, -0.2) is 0 Å². The van der Waals surface area contributed by atoms with Gasteiger partial charge in [-0.2, -0.15) is 0 Å². The Bertz CT molecular complexity index is 2630. The third kappa shape index (κ3) is 13.6. The number of hydrogen-bond acceptors (Lipinski definition) is 8. The summed E-state index contributed by atoms with van der Waals surface area (Å²) in [6.45, 7) is 1.83. The van der Waals surface area contributed by atoms with Crippen molar-refractivity contribution in [1.82, 2.24) is 36.5 Å². The molecule has 7 rings (SSSR count). The van der Waals surface area contributed by atoms with Crippen LogP contribution in [0.25, 0.3) is 21.7 Å². The fraction of sp³-hybridized carbons (Fsp3) is 0.426. The Labute approximate surface area is 408 Å². The summed E-state index contributed by atoms with van der Waals surface area (Å²) < 4.78 is 0. The van der Waals surface area contributed by atoms with E-state index in [-0.39, 0.29) is 44.7 Å². The molecule has 0 radical (unpaired) electrons. The van der Waals surface area contributed by atoms with Crippen molar-refractivity contribution in [3.8, 4) is 0 Å². The van der Waals surface area contributed by atoms with Crippen LogP contribution in [0.4, 0.5) is 0 Å². The van der Waals surface area contributed by atoms with Crippen molar-refractivity contribution in [1.29, 1.82) is 0 Å². The number of para-hydroxylation sites is 1. The third-order valence-electron chi connectivity index (χ3n) is 13.7. The molecule has 7 amide bonds. The highest BCUT2D eigenvalue weighted by Gasteiger charge is 2.40. The zero-order valence-corrected chi connectivity index (χ0v) is 39.9. The number of amides is 7. The van der Waals surface area contributed by atoms with Crippen molar-refractivity contribution >= 4 is 63.0 Å². The molecule has 16 nitrogen and oxygen atoms in total. The van der Waals surface area contributed by atoms with E-state index in [1.807, 2.05) is 97.1 Å². The molecule has 0 bridgehead atoms. The molecule has 370 valence electrons.